The van der Waals surface area contributed by atoms with Crippen LogP contribution in [0.5, 0.6) is 11.5 Å². The van der Waals surface area contributed by atoms with E-state index in [1.165, 1.54) is 0 Å². The summed E-state index contributed by atoms with van der Waals surface area (Å²) in [6.07, 6.45) is 1.07. The van der Waals surface area contributed by atoms with E-state index in [-0.39, 0.29) is 18.6 Å². The van der Waals surface area contributed by atoms with Crippen molar-refractivity contribution in [3.8, 4) is 22.8 Å². The second-order valence-electron chi connectivity index (χ2n) is 7.59. The van der Waals surface area contributed by atoms with Crippen LogP contribution < -0.4 is 14.8 Å². The Morgan fingerprint density at radius 1 is 1.06 bits per heavy atom. The molecule has 7 nitrogen and oxygen atoms in total. The zero-order valence-corrected chi connectivity index (χ0v) is 17.1. The number of amides is 2. The maximum Gasteiger partial charge on any atom is 0.254 e. The summed E-state index contributed by atoms with van der Waals surface area (Å²) < 4.78 is 16.8. The smallest absolute Gasteiger partial charge is 0.254 e. The number of furan rings is 1. The quantitative estimate of drug-likeness (QED) is 0.686. The zero-order valence-electron chi connectivity index (χ0n) is 17.1. The van der Waals surface area contributed by atoms with Gasteiger partial charge in [-0.15, -0.1) is 0 Å². The first-order valence-corrected chi connectivity index (χ1v) is 10.3. The summed E-state index contributed by atoms with van der Waals surface area (Å²) in [5.41, 5.74) is 3.20. The van der Waals surface area contributed by atoms with Crippen LogP contribution in [0.25, 0.3) is 11.3 Å². The molecule has 0 bridgehead atoms. The number of ether oxygens (including phenoxy) is 2. The van der Waals surface area contributed by atoms with Gasteiger partial charge < -0.3 is 24.1 Å². The average molecular weight is 418 g/mol. The van der Waals surface area contributed by atoms with E-state index in [4.69, 9.17) is 13.9 Å². The fourth-order valence-electron chi connectivity index (χ4n) is 3.86. The third kappa shape index (κ3) is 3.74. The van der Waals surface area contributed by atoms with Crippen molar-refractivity contribution in [3.63, 3.8) is 0 Å². The maximum absolute atomic E-state index is 13.0. The van der Waals surface area contributed by atoms with Crippen molar-refractivity contribution in [1.29, 1.82) is 0 Å². The molecule has 158 valence electrons. The molecule has 0 saturated heterocycles. The summed E-state index contributed by atoms with van der Waals surface area (Å²) in [6, 6.07) is 14.8. The summed E-state index contributed by atoms with van der Waals surface area (Å²) in [6.45, 7) is 3.07. The Hall–Kier alpha value is -3.74. The molecule has 2 aromatic carbocycles. The van der Waals surface area contributed by atoms with Crippen molar-refractivity contribution < 1.29 is 23.5 Å². The van der Waals surface area contributed by atoms with Gasteiger partial charge in [0.15, 0.2) is 11.5 Å². The Kier molecular flexibility index (Phi) is 4.86. The third-order valence-corrected chi connectivity index (χ3v) is 5.53. The Morgan fingerprint density at radius 2 is 1.94 bits per heavy atom. The molecule has 2 aliphatic rings. The van der Waals surface area contributed by atoms with Crippen molar-refractivity contribution in [3.05, 3.63) is 65.4 Å². The first-order chi connectivity index (χ1) is 15.1. The highest BCUT2D eigenvalue weighted by Crippen LogP contribution is 2.34. The van der Waals surface area contributed by atoms with Crippen molar-refractivity contribution in [2.75, 3.05) is 18.7 Å². The van der Waals surface area contributed by atoms with E-state index < -0.39 is 0 Å². The lowest BCUT2D eigenvalue weighted by atomic mass is 10.1. The predicted molar refractivity (Wildman–Crippen MR) is 114 cm³/mol. The molecular formula is C24H22N2O5. The van der Waals surface area contributed by atoms with Crippen LogP contribution in [0.4, 0.5) is 5.69 Å². The molecule has 0 spiro atoms. The maximum atomic E-state index is 13.0. The van der Waals surface area contributed by atoms with Crippen molar-refractivity contribution in [2.24, 2.45) is 0 Å². The van der Waals surface area contributed by atoms with Gasteiger partial charge in [-0.25, -0.2) is 0 Å². The molecule has 0 fully saturated rings. The lowest BCUT2D eigenvalue weighted by Gasteiger charge is -2.26. The normalized spacial score (nSPS) is 14.3. The fourth-order valence-corrected chi connectivity index (χ4v) is 3.86. The number of benzene rings is 2. The van der Waals surface area contributed by atoms with E-state index in [2.05, 4.69) is 5.32 Å². The van der Waals surface area contributed by atoms with Gasteiger partial charge >= 0.3 is 0 Å². The highest BCUT2D eigenvalue weighted by molar-refractivity contribution is 5.95. The van der Waals surface area contributed by atoms with E-state index in [0.717, 1.165) is 28.3 Å². The highest BCUT2D eigenvalue weighted by Gasteiger charge is 2.26. The van der Waals surface area contributed by atoms with Gasteiger partial charge in [-0.05, 0) is 36.4 Å². The van der Waals surface area contributed by atoms with Gasteiger partial charge in [-0.1, -0.05) is 19.1 Å². The minimum Gasteiger partial charge on any atom is -0.461 e. The van der Waals surface area contributed by atoms with Gasteiger partial charge in [0.1, 0.15) is 11.5 Å². The molecule has 3 heterocycles. The average Bonchev–Trinajstić information content (AvgIpc) is 3.44. The van der Waals surface area contributed by atoms with E-state index >= 15 is 0 Å². The first-order valence-electron chi connectivity index (χ1n) is 10.3. The molecule has 0 aliphatic carbocycles. The van der Waals surface area contributed by atoms with E-state index in [0.29, 0.717) is 43.0 Å². The van der Waals surface area contributed by atoms with Gasteiger partial charge in [-0.3, -0.25) is 9.59 Å². The minimum absolute atomic E-state index is 0.0337. The molecule has 0 radical (unpaired) electrons. The lowest BCUT2D eigenvalue weighted by Crippen LogP contribution is -2.35. The highest BCUT2D eigenvalue weighted by atomic mass is 16.7. The molecule has 0 saturated carbocycles. The van der Waals surface area contributed by atoms with E-state index in [1.54, 1.807) is 18.2 Å². The van der Waals surface area contributed by atoms with Crippen LogP contribution in [-0.2, 0) is 17.8 Å². The SMILES string of the molecule is CCC(=O)Nc1cccc(-c2cc3c(o2)CCN(C(=O)c2ccc4c(c2)OCO4)C3)c1. The van der Waals surface area contributed by atoms with Gasteiger partial charge in [-0.2, -0.15) is 0 Å². The predicted octanol–water partition coefficient (Wildman–Crippen LogP) is 4.22. The second-order valence-corrected chi connectivity index (χ2v) is 7.59. The number of carbonyl (C=O) groups excluding carboxylic acids is 2. The number of hydrogen-bond acceptors (Lipinski definition) is 5. The van der Waals surface area contributed by atoms with Crippen molar-refractivity contribution >= 4 is 17.5 Å². The van der Waals surface area contributed by atoms with Gasteiger partial charge in [0, 0.05) is 48.3 Å². The van der Waals surface area contributed by atoms with Crippen LogP contribution in [-0.4, -0.2) is 30.1 Å². The summed E-state index contributed by atoms with van der Waals surface area (Å²) in [5, 5.41) is 2.87. The zero-order chi connectivity index (χ0) is 21.4. The minimum atomic E-state index is -0.0454. The molecule has 7 heteroatoms. The van der Waals surface area contributed by atoms with Gasteiger partial charge in [0.05, 0.1) is 0 Å². The number of anilines is 1. The van der Waals surface area contributed by atoms with Crippen LogP contribution in [0.1, 0.15) is 35.0 Å². The number of hydrogen-bond donors (Lipinski definition) is 1. The molecule has 31 heavy (non-hydrogen) atoms. The third-order valence-electron chi connectivity index (χ3n) is 5.53. The number of carbonyl (C=O) groups is 2. The largest absolute Gasteiger partial charge is 0.461 e. The first kappa shape index (κ1) is 19.2. The van der Waals surface area contributed by atoms with E-state index in [1.807, 2.05) is 42.2 Å². The van der Waals surface area contributed by atoms with E-state index in [9.17, 15) is 9.59 Å². The molecule has 2 aliphatic heterocycles. The van der Waals surface area contributed by atoms with Crippen LogP contribution in [0, 0.1) is 0 Å². The molecule has 2 amide bonds. The molecule has 0 unspecified atom stereocenters. The Morgan fingerprint density at radius 3 is 2.81 bits per heavy atom. The Bertz CT molecular complexity index is 1170. The van der Waals surface area contributed by atoms with Crippen molar-refractivity contribution in [2.45, 2.75) is 26.3 Å². The second kappa shape index (κ2) is 7.83. The molecule has 5 rings (SSSR count). The van der Waals surface area contributed by atoms with Gasteiger partial charge in [0.2, 0.25) is 12.7 Å². The van der Waals surface area contributed by atoms with Crippen molar-refractivity contribution in [1.82, 2.24) is 4.90 Å². The van der Waals surface area contributed by atoms with Crippen LogP contribution >= 0.6 is 0 Å². The summed E-state index contributed by atoms with van der Waals surface area (Å²) in [4.78, 5) is 26.5. The van der Waals surface area contributed by atoms with Crippen LogP contribution in [0.3, 0.4) is 0 Å². The standard InChI is InChI=1S/C24H22N2O5/c1-2-23(27)25-18-5-3-4-15(10-18)21-12-17-13-26(9-8-19(17)31-21)24(28)16-6-7-20-22(11-16)30-14-29-20/h3-7,10-12H,2,8-9,13-14H2,1H3,(H,25,27). The summed E-state index contributed by atoms with van der Waals surface area (Å²) in [5.74, 6) is 2.81. The molecule has 1 N–H and O–H groups in total. The number of fused-ring (bicyclic) bond motifs is 2. The molecule has 3 aromatic rings. The molecule has 1 aromatic heterocycles. The van der Waals surface area contributed by atoms with Crippen LogP contribution in [0.2, 0.25) is 0 Å². The Balaban J connectivity index is 1.34. The molecular weight excluding hydrogens is 396 g/mol. The summed E-state index contributed by atoms with van der Waals surface area (Å²) >= 11 is 0. The lowest BCUT2D eigenvalue weighted by molar-refractivity contribution is -0.115. The van der Waals surface area contributed by atoms with Gasteiger partial charge in [0.25, 0.3) is 5.91 Å². The number of rotatable bonds is 4. The number of nitrogens with zero attached hydrogens (tertiary/aromatic N) is 1. The fraction of sp³-hybridized carbons (Fsp3) is 0.250. The van der Waals surface area contributed by atoms with Crippen LogP contribution in [0.15, 0.2) is 52.9 Å². The summed E-state index contributed by atoms with van der Waals surface area (Å²) in [7, 11) is 0. The topological polar surface area (TPSA) is 81.0 Å². The monoisotopic (exact) mass is 418 g/mol. The molecule has 0 atom stereocenters. The Labute approximate surface area is 179 Å². The number of nitrogens with one attached hydrogen (secondary N) is 1.